The van der Waals surface area contributed by atoms with Crippen LogP contribution in [-0.4, -0.2) is 32.4 Å². The highest BCUT2D eigenvalue weighted by Gasteiger charge is 2.24. The van der Waals surface area contributed by atoms with E-state index in [1.807, 2.05) is 12.1 Å². The molecule has 2 atom stereocenters. The highest BCUT2D eigenvalue weighted by molar-refractivity contribution is 7.23. The fraction of sp³-hybridized carbons (Fsp3) is 0.333. The molecule has 3 aromatic heterocycles. The molecule has 3 aromatic rings. The second-order valence-electron chi connectivity index (χ2n) is 5.80. The molecule has 1 aliphatic rings. The van der Waals surface area contributed by atoms with E-state index < -0.39 is 0 Å². The molecule has 1 aliphatic carbocycles. The number of nitrogens with two attached hydrogens (primary N) is 1. The van der Waals surface area contributed by atoms with E-state index in [0.717, 1.165) is 40.2 Å². The van der Waals surface area contributed by atoms with E-state index in [4.69, 9.17) is 17.3 Å². The number of hydrogen-bond donors (Lipinski definition) is 4. The molecular formula is C15H16ClN5OS. The average Bonchev–Trinajstić information content (AvgIpc) is 3.22. The van der Waals surface area contributed by atoms with Crippen LogP contribution < -0.4 is 11.1 Å². The van der Waals surface area contributed by atoms with E-state index in [-0.39, 0.29) is 12.1 Å². The van der Waals surface area contributed by atoms with Crippen LogP contribution in [0.1, 0.15) is 19.3 Å². The summed E-state index contributed by atoms with van der Waals surface area (Å²) in [6, 6.07) is 3.95. The van der Waals surface area contributed by atoms with Crippen molar-refractivity contribution in [1.29, 1.82) is 0 Å². The fourth-order valence-electron chi connectivity index (χ4n) is 3.03. The average molecular weight is 350 g/mol. The molecule has 23 heavy (non-hydrogen) atoms. The van der Waals surface area contributed by atoms with E-state index in [9.17, 15) is 5.11 Å². The van der Waals surface area contributed by atoms with Crippen molar-refractivity contribution in [3.63, 3.8) is 0 Å². The molecule has 0 amide bonds. The number of anilines is 2. The highest BCUT2D eigenvalue weighted by Crippen LogP contribution is 2.44. The first-order valence-electron chi connectivity index (χ1n) is 7.44. The largest absolute Gasteiger partial charge is 0.393 e. The Hall–Kier alpha value is -1.83. The summed E-state index contributed by atoms with van der Waals surface area (Å²) in [5.41, 5.74) is 8.43. The summed E-state index contributed by atoms with van der Waals surface area (Å²) in [4.78, 5) is 5.28. The molecule has 0 radical (unpaired) electrons. The van der Waals surface area contributed by atoms with Crippen LogP contribution in [0.3, 0.4) is 0 Å². The third-order valence-electron chi connectivity index (χ3n) is 4.11. The van der Waals surface area contributed by atoms with Crippen molar-refractivity contribution in [2.24, 2.45) is 0 Å². The van der Waals surface area contributed by atoms with Gasteiger partial charge in [0.05, 0.1) is 32.1 Å². The van der Waals surface area contributed by atoms with Gasteiger partial charge >= 0.3 is 0 Å². The van der Waals surface area contributed by atoms with Gasteiger partial charge in [-0.3, -0.25) is 5.10 Å². The molecule has 8 heteroatoms. The van der Waals surface area contributed by atoms with Crippen LogP contribution in [0.25, 0.3) is 20.8 Å². The Balaban J connectivity index is 1.79. The van der Waals surface area contributed by atoms with Gasteiger partial charge in [0.15, 0.2) is 0 Å². The van der Waals surface area contributed by atoms with Gasteiger partial charge in [-0.2, -0.15) is 5.10 Å². The Kier molecular flexibility index (Phi) is 3.63. The maximum Gasteiger partial charge on any atom is 0.126 e. The molecule has 0 spiro atoms. The fourth-order valence-corrected chi connectivity index (χ4v) is 4.53. The van der Waals surface area contributed by atoms with Gasteiger partial charge in [-0.15, -0.1) is 11.3 Å². The summed E-state index contributed by atoms with van der Waals surface area (Å²) in [5, 5.41) is 20.7. The maximum atomic E-state index is 9.71. The summed E-state index contributed by atoms with van der Waals surface area (Å²) in [6.07, 6.45) is 3.98. The zero-order valence-electron chi connectivity index (χ0n) is 12.2. The number of rotatable bonds is 3. The normalized spacial score (nSPS) is 21.1. The third kappa shape index (κ3) is 2.65. The number of nitrogens with zero attached hydrogens (tertiary/aromatic N) is 2. The van der Waals surface area contributed by atoms with Crippen molar-refractivity contribution in [3.8, 4) is 10.6 Å². The molecule has 0 bridgehead atoms. The SMILES string of the molecule is Nc1cc(N[C@H]2CC[C@H](O)C2)c2sc(-c3ccn[nH]3)c(Cl)c2n1. The number of nitrogens with one attached hydrogen (secondary N) is 2. The first-order chi connectivity index (χ1) is 11.1. The summed E-state index contributed by atoms with van der Waals surface area (Å²) >= 11 is 8.06. The number of nitrogen functional groups attached to an aromatic ring is 1. The van der Waals surface area contributed by atoms with Gasteiger partial charge in [-0.1, -0.05) is 11.6 Å². The van der Waals surface area contributed by atoms with Crippen molar-refractivity contribution in [2.45, 2.75) is 31.4 Å². The van der Waals surface area contributed by atoms with Gasteiger partial charge in [0.1, 0.15) is 11.3 Å². The van der Waals surface area contributed by atoms with E-state index >= 15 is 0 Å². The number of pyridine rings is 1. The number of aliphatic hydroxyl groups excluding tert-OH is 1. The Morgan fingerprint density at radius 1 is 1.43 bits per heavy atom. The van der Waals surface area contributed by atoms with Crippen LogP contribution in [0.15, 0.2) is 18.3 Å². The summed E-state index contributed by atoms with van der Waals surface area (Å²) < 4.78 is 0.968. The lowest BCUT2D eigenvalue weighted by molar-refractivity contribution is 0.182. The zero-order valence-corrected chi connectivity index (χ0v) is 13.8. The van der Waals surface area contributed by atoms with E-state index in [2.05, 4.69) is 20.5 Å². The van der Waals surface area contributed by atoms with Crippen LogP contribution in [-0.2, 0) is 0 Å². The predicted molar refractivity (Wildman–Crippen MR) is 93.9 cm³/mol. The van der Waals surface area contributed by atoms with Crippen molar-refractivity contribution in [2.75, 3.05) is 11.1 Å². The highest BCUT2D eigenvalue weighted by atomic mass is 35.5. The van der Waals surface area contributed by atoms with Crippen LogP contribution >= 0.6 is 22.9 Å². The number of hydrogen-bond acceptors (Lipinski definition) is 6. The minimum atomic E-state index is -0.227. The first-order valence-corrected chi connectivity index (χ1v) is 8.64. The number of thiophene rings is 1. The Morgan fingerprint density at radius 2 is 2.30 bits per heavy atom. The molecule has 6 nitrogen and oxygen atoms in total. The zero-order chi connectivity index (χ0) is 16.0. The molecular weight excluding hydrogens is 334 g/mol. The number of aromatic nitrogens is 3. The Labute approximate surface area is 141 Å². The van der Waals surface area contributed by atoms with Gasteiger partial charge in [0, 0.05) is 18.3 Å². The lowest BCUT2D eigenvalue weighted by Gasteiger charge is -2.14. The standard InChI is InChI=1S/C15H16ClN5OS/c16-12-13-15(23-14(12)9-3-4-18-21-9)10(6-11(17)20-13)19-7-1-2-8(22)5-7/h3-4,6-8,22H,1-2,5H2,(H,18,21)(H3,17,19,20)/t7-,8-/m0/s1. The number of H-pyrrole nitrogens is 1. The number of fused-ring (bicyclic) bond motifs is 1. The monoisotopic (exact) mass is 349 g/mol. The van der Waals surface area contributed by atoms with Gasteiger partial charge in [-0.05, 0) is 25.3 Å². The van der Waals surface area contributed by atoms with Gasteiger partial charge in [-0.25, -0.2) is 4.98 Å². The first kappa shape index (κ1) is 14.7. The molecule has 0 saturated heterocycles. The maximum absolute atomic E-state index is 9.71. The Morgan fingerprint density at radius 3 is 3.00 bits per heavy atom. The van der Waals surface area contributed by atoms with Gasteiger partial charge in [0.25, 0.3) is 0 Å². The second kappa shape index (κ2) is 5.67. The molecule has 3 heterocycles. The molecule has 5 N–H and O–H groups in total. The van der Waals surface area contributed by atoms with Crippen LogP contribution in [0.2, 0.25) is 5.02 Å². The molecule has 4 rings (SSSR count). The van der Waals surface area contributed by atoms with Crippen LogP contribution in [0.5, 0.6) is 0 Å². The molecule has 1 fully saturated rings. The molecule has 0 aliphatic heterocycles. The van der Waals surface area contributed by atoms with Crippen LogP contribution in [0, 0.1) is 0 Å². The van der Waals surface area contributed by atoms with Crippen molar-refractivity contribution in [1.82, 2.24) is 15.2 Å². The van der Waals surface area contributed by atoms with Crippen LogP contribution in [0.4, 0.5) is 11.5 Å². The van der Waals surface area contributed by atoms with Gasteiger partial charge in [0.2, 0.25) is 0 Å². The number of aliphatic hydroxyl groups is 1. The lowest BCUT2D eigenvalue weighted by atomic mass is 10.2. The second-order valence-corrected chi connectivity index (χ2v) is 7.19. The minimum absolute atomic E-state index is 0.227. The number of halogens is 1. The Bertz CT molecular complexity index is 847. The van der Waals surface area contributed by atoms with Crippen molar-refractivity contribution < 1.29 is 5.11 Å². The lowest BCUT2D eigenvalue weighted by Crippen LogP contribution is -2.16. The van der Waals surface area contributed by atoms with E-state index in [0.29, 0.717) is 16.4 Å². The molecule has 1 saturated carbocycles. The van der Waals surface area contributed by atoms with Crippen molar-refractivity contribution >= 4 is 44.7 Å². The predicted octanol–water partition coefficient (Wildman–Crippen LogP) is 3.25. The third-order valence-corrected chi connectivity index (χ3v) is 5.84. The molecule has 0 aromatic carbocycles. The van der Waals surface area contributed by atoms with Gasteiger partial charge < -0.3 is 16.2 Å². The van der Waals surface area contributed by atoms with E-state index in [1.54, 1.807) is 17.5 Å². The topological polar surface area (TPSA) is 99.9 Å². The molecule has 0 unspecified atom stereocenters. The molecule has 120 valence electrons. The summed E-state index contributed by atoms with van der Waals surface area (Å²) in [7, 11) is 0. The van der Waals surface area contributed by atoms with E-state index in [1.165, 1.54) is 0 Å². The quantitative estimate of drug-likeness (QED) is 0.581. The minimum Gasteiger partial charge on any atom is -0.393 e. The summed E-state index contributed by atoms with van der Waals surface area (Å²) in [5.74, 6) is 0.425. The smallest absolute Gasteiger partial charge is 0.126 e. The summed E-state index contributed by atoms with van der Waals surface area (Å²) in [6.45, 7) is 0. The number of aromatic amines is 1. The van der Waals surface area contributed by atoms with Crippen molar-refractivity contribution in [3.05, 3.63) is 23.4 Å².